The molecule has 0 bridgehead atoms. The molecular formula is C14H26N6O. The van der Waals surface area contributed by atoms with Gasteiger partial charge in [0.15, 0.2) is 0 Å². The monoisotopic (exact) mass is 294 g/mol. The molecule has 1 aromatic heterocycles. The maximum atomic E-state index is 5.82. The standard InChI is InChI=1S/C14H26N6O/c1-4-21-9-11(10(2)3)16-13-17-12(15)18-14(19-13)20-7-5-6-8-20/h10-11H,4-9H2,1-3H3,(H3,15,16,17,18,19). The van der Waals surface area contributed by atoms with E-state index in [4.69, 9.17) is 10.5 Å². The van der Waals surface area contributed by atoms with Crippen LogP contribution in [0, 0.1) is 5.92 Å². The molecule has 1 aliphatic heterocycles. The van der Waals surface area contributed by atoms with Crippen LogP contribution < -0.4 is 16.0 Å². The minimum Gasteiger partial charge on any atom is -0.380 e. The fourth-order valence-corrected chi connectivity index (χ4v) is 2.32. The van der Waals surface area contributed by atoms with Gasteiger partial charge in [-0.25, -0.2) is 0 Å². The highest BCUT2D eigenvalue weighted by Crippen LogP contribution is 2.18. The first-order valence-corrected chi connectivity index (χ1v) is 7.71. The molecule has 7 heteroatoms. The van der Waals surface area contributed by atoms with Gasteiger partial charge in [0.2, 0.25) is 17.8 Å². The van der Waals surface area contributed by atoms with E-state index in [-0.39, 0.29) is 12.0 Å². The number of ether oxygens (including phenoxy) is 1. The Labute approximate surface area is 126 Å². The van der Waals surface area contributed by atoms with Crippen molar-refractivity contribution in [2.75, 3.05) is 42.3 Å². The molecule has 0 saturated carbocycles. The molecule has 0 spiro atoms. The first kappa shape index (κ1) is 15.8. The van der Waals surface area contributed by atoms with Gasteiger partial charge in [-0.3, -0.25) is 0 Å². The van der Waals surface area contributed by atoms with E-state index in [9.17, 15) is 0 Å². The molecule has 1 unspecified atom stereocenters. The highest BCUT2D eigenvalue weighted by Gasteiger charge is 2.19. The molecule has 1 saturated heterocycles. The summed E-state index contributed by atoms with van der Waals surface area (Å²) in [6, 6.07) is 0.151. The van der Waals surface area contributed by atoms with Gasteiger partial charge in [-0.05, 0) is 25.7 Å². The molecule has 1 atom stereocenters. The molecule has 2 rings (SSSR count). The summed E-state index contributed by atoms with van der Waals surface area (Å²) in [5.41, 5.74) is 5.82. The lowest BCUT2D eigenvalue weighted by atomic mass is 10.1. The summed E-state index contributed by atoms with van der Waals surface area (Å²) < 4.78 is 5.51. The van der Waals surface area contributed by atoms with Crippen molar-refractivity contribution in [2.45, 2.75) is 39.7 Å². The molecule has 0 aromatic carbocycles. The number of hydrogen-bond donors (Lipinski definition) is 2. The SMILES string of the molecule is CCOCC(Nc1nc(N)nc(N2CCCC2)n1)C(C)C. The van der Waals surface area contributed by atoms with Crippen LogP contribution in [-0.2, 0) is 4.74 Å². The highest BCUT2D eigenvalue weighted by atomic mass is 16.5. The number of aromatic nitrogens is 3. The quantitative estimate of drug-likeness (QED) is 0.788. The zero-order valence-electron chi connectivity index (χ0n) is 13.2. The fourth-order valence-electron chi connectivity index (χ4n) is 2.32. The highest BCUT2D eigenvalue weighted by molar-refractivity contribution is 5.42. The van der Waals surface area contributed by atoms with Crippen LogP contribution in [0.25, 0.3) is 0 Å². The number of nitrogens with zero attached hydrogens (tertiary/aromatic N) is 4. The molecule has 0 aliphatic carbocycles. The summed E-state index contributed by atoms with van der Waals surface area (Å²) in [4.78, 5) is 15.1. The number of nitrogens with one attached hydrogen (secondary N) is 1. The Morgan fingerprint density at radius 3 is 2.57 bits per heavy atom. The Kier molecular flexibility index (Phi) is 5.55. The van der Waals surface area contributed by atoms with E-state index >= 15 is 0 Å². The van der Waals surface area contributed by atoms with Crippen LogP contribution in [0.4, 0.5) is 17.8 Å². The van der Waals surface area contributed by atoms with Crippen LogP contribution in [0.5, 0.6) is 0 Å². The Balaban J connectivity index is 2.10. The van der Waals surface area contributed by atoms with Gasteiger partial charge < -0.3 is 20.7 Å². The van der Waals surface area contributed by atoms with Crippen molar-refractivity contribution in [1.29, 1.82) is 0 Å². The summed E-state index contributed by atoms with van der Waals surface area (Å²) in [5.74, 6) is 1.86. The van der Waals surface area contributed by atoms with Gasteiger partial charge in [-0.15, -0.1) is 0 Å². The third-order valence-corrected chi connectivity index (χ3v) is 3.65. The van der Waals surface area contributed by atoms with E-state index in [2.05, 4.69) is 39.0 Å². The first-order valence-electron chi connectivity index (χ1n) is 7.71. The number of nitrogens with two attached hydrogens (primary N) is 1. The smallest absolute Gasteiger partial charge is 0.231 e. The van der Waals surface area contributed by atoms with Crippen molar-refractivity contribution in [1.82, 2.24) is 15.0 Å². The van der Waals surface area contributed by atoms with Crippen LogP contribution in [0.2, 0.25) is 0 Å². The summed E-state index contributed by atoms with van der Waals surface area (Å²) in [6.45, 7) is 9.56. The lowest BCUT2D eigenvalue weighted by molar-refractivity contribution is 0.126. The van der Waals surface area contributed by atoms with Gasteiger partial charge in [0.1, 0.15) is 0 Å². The number of rotatable bonds is 7. The molecule has 118 valence electrons. The minimum absolute atomic E-state index is 0.151. The van der Waals surface area contributed by atoms with Gasteiger partial charge in [0.25, 0.3) is 0 Å². The van der Waals surface area contributed by atoms with Crippen LogP contribution in [0.1, 0.15) is 33.6 Å². The first-order chi connectivity index (χ1) is 10.1. The average molecular weight is 294 g/mol. The summed E-state index contributed by atoms with van der Waals surface area (Å²) in [5, 5.41) is 3.32. The molecule has 3 N–H and O–H groups in total. The van der Waals surface area contributed by atoms with E-state index in [1.807, 2.05) is 6.92 Å². The van der Waals surface area contributed by atoms with Crippen LogP contribution in [-0.4, -0.2) is 47.3 Å². The fraction of sp³-hybridized carbons (Fsp3) is 0.786. The van der Waals surface area contributed by atoms with Crippen molar-refractivity contribution in [3.63, 3.8) is 0 Å². The lowest BCUT2D eigenvalue weighted by Gasteiger charge is -2.23. The third kappa shape index (κ3) is 4.42. The molecule has 0 radical (unpaired) electrons. The second-order valence-electron chi connectivity index (χ2n) is 5.67. The zero-order valence-corrected chi connectivity index (χ0v) is 13.2. The van der Waals surface area contributed by atoms with Gasteiger partial charge >= 0.3 is 0 Å². The summed E-state index contributed by atoms with van der Waals surface area (Å²) in [7, 11) is 0. The van der Waals surface area contributed by atoms with Crippen molar-refractivity contribution in [3.8, 4) is 0 Å². The molecule has 1 aromatic rings. The second kappa shape index (κ2) is 7.40. The second-order valence-corrected chi connectivity index (χ2v) is 5.67. The number of hydrogen-bond acceptors (Lipinski definition) is 7. The summed E-state index contributed by atoms with van der Waals surface area (Å²) >= 11 is 0. The predicted octanol–water partition coefficient (Wildman–Crippen LogP) is 1.53. The number of nitrogen functional groups attached to an aromatic ring is 1. The molecule has 0 amide bonds. The molecular weight excluding hydrogens is 268 g/mol. The Bertz CT molecular complexity index is 447. The van der Waals surface area contributed by atoms with Crippen LogP contribution in [0.3, 0.4) is 0 Å². The maximum Gasteiger partial charge on any atom is 0.231 e. The third-order valence-electron chi connectivity index (χ3n) is 3.65. The Hall–Kier alpha value is -1.63. The van der Waals surface area contributed by atoms with Crippen molar-refractivity contribution < 1.29 is 4.74 Å². The van der Waals surface area contributed by atoms with Crippen LogP contribution >= 0.6 is 0 Å². The molecule has 21 heavy (non-hydrogen) atoms. The van der Waals surface area contributed by atoms with Crippen LogP contribution in [0.15, 0.2) is 0 Å². The summed E-state index contributed by atoms with van der Waals surface area (Å²) in [6.07, 6.45) is 2.35. The van der Waals surface area contributed by atoms with Crippen molar-refractivity contribution >= 4 is 17.8 Å². The van der Waals surface area contributed by atoms with Gasteiger partial charge in [0.05, 0.1) is 12.6 Å². The maximum absolute atomic E-state index is 5.82. The van der Waals surface area contributed by atoms with E-state index in [0.29, 0.717) is 31.0 Å². The Morgan fingerprint density at radius 1 is 1.24 bits per heavy atom. The Morgan fingerprint density at radius 2 is 1.95 bits per heavy atom. The van der Waals surface area contributed by atoms with E-state index in [1.54, 1.807) is 0 Å². The largest absolute Gasteiger partial charge is 0.380 e. The zero-order chi connectivity index (χ0) is 15.2. The average Bonchev–Trinajstić information content (AvgIpc) is 2.96. The van der Waals surface area contributed by atoms with E-state index < -0.39 is 0 Å². The van der Waals surface area contributed by atoms with Crippen molar-refractivity contribution in [3.05, 3.63) is 0 Å². The van der Waals surface area contributed by atoms with E-state index in [1.165, 1.54) is 12.8 Å². The van der Waals surface area contributed by atoms with E-state index in [0.717, 1.165) is 13.1 Å². The molecule has 7 nitrogen and oxygen atoms in total. The minimum atomic E-state index is 0.151. The molecule has 1 fully saturated rings. The topological polar surface area (TPSA) is 89.2 Å². The lowest BCUT2D eigenvalue weighted by Crippen LogP contribution is -2.32. The molecule has 2 heterocycles. The van der Waals surface area contributed by atoms with Gasteiger partial charge in [0, 0.05) is 19.7 Å². The predicted molar refractivity (Wildman–Crippen MR) is 84.4 cm³/mol. The van der Waals surface area contributed by atoms with Gasteiger partial charge in [-0.2, -0.15) is 15.0 Å². The van der Waals surface area contributed by atoms with Crippen molar-refractivity contribution in [2.24, 2.45) is 5.92 Å². The molecule has 1 aliphatic rings. The normalized spacial score (nSPS) is 16.5. The van der Waals surface area contributed by atoms with Gasteiger partial charge in [-0.1, -0.05) is 13.8 Å². The number of anilines is 3.